The largest absolute Gasteiger partial charge is 0.462 e. The summed E-state index contributed by atoms with van der Waals surface area (Å²) in [5, 5.41) is 8.97. The number of allylic oxidation sites excluding steroid dienone is 1. The lowest BCUT2D eigenvalue weighted by Crippen LogP contribution is -2.07. The first kappa shape index (κ1) is 13.2. The summed E-state index contributed by atoms with van der Waals surface area (Å²) < 4.78 is 4.99. The van der Waals surface area contributed by atoms with Gasteiger partial charge < -0.3 is 9.84 Å². The van der Waals surface area contributed by atoms with Crippen molar-refractivity contribution in [1.82, 2.24) is 0 Å². The van der Waals surface area contributed by atoms with Crippen LogP contribution in [0.5, 0.6) is 0 Å². The number of hydrogen-bond donors (Lipinski definition) is 1. The zero-order chi connectivity index (χ0) is 11.0. The average Bonchev–Trinajstić information content (AvgIpc) is 2.15. The van der Waals surface area contributed by atoms with Crippen molar-refractivity contribution in [3.8, 4) is 0 Å². The third-order valence-electron chi connectivity index (χ3n) is 2.00. The summed E-state index contributed by atoms with van der Waals surface area (Å²) in [5.74, 6) is -0.246. The third-order valence-corrected chi connectivity index (χ3v) is 2.00. The van der Waals surface area contributed by atoms with Gasteiger partial charge in [-0.3, -0.25) is 0 Å². The molecule has 0 aliphatic carbocycles. The van der Waals surface area contributed by atoms with Crippen LogP contribution in [-0.2, 0) is 9.53 Å². The van der Waals surface area contributed by atoms with Crippen molar-refractivity contribution >= 4 is 5.97 Å². The van der Waals surface area contributed by atoms with Crippen LogP contribution >= 0.6 is 0 Å². The zero-order valence-corrected chi connectivity index (χ0v) is 9.25. The zero-order valence-electron chi connectivity index (χ0n) is 9.25. The monoisotopic (exact) mass is 200 g/mol. The highest BCUT2D eigenvalue weighted by Crippen LogP contribution is 2.02. The normalized spacial score (nSPS) is 13.9. The molecule has 1 atom stereocenters. The molecule has 0 aliphatic heterocycles. The van der Waals surface area contributed by atoms with Gasteiger partial charge >= 0.3 is 5.97 Å². The van der Waals surface area contributed by atoms with E-state index in [-0.39, 0.29) is 12.1 Å². The number of aliphatic hydroxyl groups is 1. The molecule has 1 N–H and O–H groups in total. The maximum atomic E-state index is 11.1. The molecule has 0 amide bonds. The van der Waals surface area contributed by atoms with E-state index in [9.17, 15) is 4.79 Å². The van der Waals surface area contributed by atoms with E-state index in [0.29, 0.717) is 12.2 Å². The molecule has 0 saturated heterocycles. The molecular weight excluding hydrogens is 180 g/mol. The molecule has 0 rings (SSSR count). The Morgan fingerprint density at radius 1 is 1.50 bits per heavy atom. The van der Waals surface area contributed by atoms with Gasteiger partial charge in [0.15, 0.2) is 0 Å². The van der Waals surface area contributed by atoms with Crippen LogP contribution in [0.25, 0.3) is 0 Å². The van der Waals surface area contributed by atoms with E-state index in [0.717, 1.165) is 19.3 Å². The number of rotatable bonds is 6. The Labute approximate surface area is 85.8 Å². The summed E-state index contributed by atoms with van der Waals surface area (Å²) in [6.45, 7) is 5.74. The quantitative estimate of drug-likeness (QED) is 0.405. The fraction of sp³-hybridized carbons (Fsp3) is 0.727. The smallest absolute Gasteiger partial charge is 0.333 e. The van der Waals surface area contributed by atoms with E-state index in [1.165, 1.54) is 0 Å². The summed E-state index contributed by atoms with van der Waals surface area (Å²) in [5.41, 5.74) is 0.639. The van der Waals surface area contributed by atoms with Gasteiger partial charge in [0.25, 0.3) is 0 Å². The number of unbranched alkanes of at least 4 members (excludes halogenated alkanes) is 1. The van der Waals surface area contributed by atoms with Gasteiger partial charge in [0.1, 0.15) is 0 Å². The second-order valence-corrected chi connectivity index (χ2v) is 3.45. The number of ether oxygens (including phenoxy) is 1. The standard InChI is InChI=1S/C11H20O3/c1-4-9(2)11(13)14-8-6-5-7-10(3)12/h4,10,12H,5-8H2,1-3H3. The van der Waals surface area contributed by atoms with Crippen molar-refractivity contribution in [2.75, 3.05) is 6.61 Å². The lowest BCUT2D eigenvalue weighted by atomic mass is 10.2. The maximum Gasteiger partial charge on any atom is 0.333 e. The van der Waals surface area contributed by atoms with Gasteiger partial charge in [0, 0.05) is 5.57 Å². The van der Waals surface area contributed by atoms with Crippen molar-refractivity contribution < 1.29 is 14.6 Å². The Bertz CT molecular complexity index is 195. The number of hydrogen-bond acceptors (Lipinski definition) is 3. The highest BCUT2D eigenvalue weighted by atomic mass is 16.5. The number of carbonyl (C=O) groups is 1. The summed E-state index contributed by atoms with van der Waals surface area (Å²) in [7, 11) is 0. The van der Waals surface area contributed by atoms with E-state index in [2.05, 4.69) is 0 Å². The molecule has 82 valence electrons. The van der Waals surface area contributed by atoms with Crippen molar-refractivity contribution in [3.63, 3.8) is 0 Å². The second kappa shape index (κ2) is 7.56. The third kappa shape index (κ3) is 6.66. The van der Waals surface area contributed by atoms with Crippen molar-refractivity contribution in [2.24, 2.45) is 0 Å². The van der Waals surface area contributed by atoms with Crippen molar-refractivity contribution in [2.45, 2.75) is 46.1 Å². The lowest BCUT2D eigenvalue weighted by Gasteiger charge is -2.05. The van der Waals surface area contributed by atoms with Crippen LogP contribution in [0, 0.1) is 0 Å². The molecule has 3 nitrogen and oxygen atoms in total. The summed E-state index contributed by atoms with van der Waals surface area (Å²) >= 11 is 0. The van der Waals surface area contributed by atoms with E-state index < -0.39 is 0 Å². The Morgan fingerprint density at radius 2 is 2.14 bits per heavy atom. The highest BCUT2D eigenvalue weighted by molar-refractivity contribution is 5.87. The summed E-state index contributed by atoms with van der Waals surface area (Å²) in [6.07, 6.45) is 3.94. The number of carbonyl (C=O) groups excluding carboxylic acids is 1. The van der Waals surface area contributed by atoms with E-state index in [1.807, 2.05) is 6.92 Å². The summed E-state index contributed by atoms with van der Waals surface area (Å²) in [4.78, 5) is 11.1. The molecule has 3 heteroatoms. The van der Waals surface area contributed by atoms with Gasteiger partial charge in [0.05, 0.1) is 12.7 Å². The molecule has 14 heavy (non-hydrogen) atoms. The highest BCUT2D eigenvalue weighted by Gasteiger charge is 2.03. The minimum absolute atomic E-state index is 0.246. The van der Waals surface area contributed by atoms with Crippen molar-refractivity contribution in [3.05, 3.63) is 11.6 Å². The predicted octanol–water partition coefficient (Wildman–Crippen LogP) is 2.05. The van der Waals surface area contributed by atoms with Gasteiger partial charge in [-0.1, -0.05) is 6.08 Å². The molecule has 0 fully saturated rings. The van der Waals surface area contributed by atoms with Crippen LogP contribution in [0.15, 0.2) is 11.6 Å². The van der Waals surface area contributed by atoms with Crippen molar-refractivity contribution in [1.29, 1.82) is 0 Å². The van der Waals surface area contributed by atoms with Crippen LogP contribution in [0.1, 0.15) is 40.0 Å². The minimum atomic E-state index is -0.261. The number of esters is 1. The predicted molar refractivity (Wildman–Crippen MR) is 55.9 cm³/mol. The summed E-state index contributed by atoms with van der Waals surface area (Å²) in [6, 6.07) is 0. The van der Waals surface area contributed by atoms with E-state index in [4.69, 9.17) is 9.84 Å². The Morgan fingerprint density at radius 3 is 2.64 bits per heavy atom. The Kier molecular flexibility index (Phi) is 7.11. The van der Waals surface area contributed by atoms with E-state index >= 15 is 0 Å². The molecule has 1 unspecified atom stereocenters. The molecule has 0 aromatic rings. The molecule has 0 bridgehead atoms. The van der Waals surface area contributed by atoms with Crippen LogP contribution in [0.3, 0.4) is 0 Å². The molecule has 0 heterocycles. The molecule has 0 spiro atoms. The van der Waals surface area contributed by atoms with Crippen LogP contribution in [0.2, 0.25) is 0 Å². The first-order chi connectivity index (χ1) is 6.57. The Balaban J connectivity index is 3.41. The lowest BCUT2D eigenvalue weighted by molar-refractivity contribution is -0.139. The SMILES string of the molecule is CC=C(C)C(=O)OCCCCC(C)O. The second-order valence-electron chi connectivity index (χ2n) is 3.45. The topological polar surface area (TPSA) is 46.5 Å². The van der Waals surface area contributed by atoms with Gasteiger partial charge in [-0.15, -0.1) is 0 Å². The van der Waals surface area contributed by atoms with Crippen LogP contribution in [0.4, 0.5) is 0 Å². The molecule has 0 aromatic carbocycles. The molecule has 0 aromatic heterocycles. The first-order valence-electron chi connectivity index (χ1n) is 5.06. The van der Waals surface area contributed by atoms with Gasteiger partial charge in [-0.2, -0.15) is 0 Å². The van der Waals surface area contributed by atoms with Gasteiger partial charge in [0.2, 0.25) is 0 Å². The van der Waals surface area contributed by atoms with Gasteiger partial charge in [-0.05, 0) is 40.0 Å². The molecule has 0 radical (unpaired) electrons. The molecule has 0 saturated carbocycles. The van der Waals surface area contributed by atoms with Crippen LogP contribution < -0.4 is 0 Å². The van der Waals surface area contributed by atoms with Crippen LogP contribution in [-0.4, -0.2) is 23.8 Å². The average molecular weight is 200 g/mol. The van der Waals surface area contributed by atoms with Gasteiger partial charge in [-0.25, -0.2) is 4.79 Å². The minimum Gasteiger partial charge on any atom is -0.462 e. The number of aliphatic hydroxyl groups excluding tert-OH is 1. The Hall–Kier alpha value is -0.830. The first-order valence-corrected chi connectivity index (χ1v) is 5.06. The maximum absolute atomic E-state index is 11.1. The fourth-order valence-electron chi connectivity index (χ4n) is 0.938. The fourth-order valence-corrected chi connectivity index (χ4v) is 0.938. The molecule has 0 aliphatic rings. The molecular formula is C11H20O3. The van der Waals surface area contributed by atoms with E-state index in [1.54, 1.807) is 19.9 Å².